The molecule has 0 radical (unpaired) electrons. The first-order valence-corrected chi connectivity index (χ1v) is 11.5. The first-order valence-electron chi connectivity index (χ1n) is 11.5. The lowest BCUT2D eigenvalue weighted by molar-refractivity contribution is -0.138. The Kier molecular flexibility index (Phi) is 7.67. The zero-order valence-corrected chi connectivity index (χ0v) is 20.2. The number of rotatable bonds is 8. The van der Waals surface area contributed by atoms with Crippen LogP contribution >= 0.6 is 0 Å². The van der Waals surface area contributed by atoms with Crippen molar-refractivity contribution in [2.45, 2.75) is 13.3 Å². The quantitative estimate of drug-likeness (QED) is 0.224. The molecule has 1 heterocycles. The topological polar surface area (TPSA) is 72.4 Å². The molecule has 7 heteroatoms. The fourth-order valence-corrected chi connectivity index (χ4v) is 3.97. The van der Waals surface area contributed by atoms with E-state index in [9.17, 15) is 4.79 Å². The summed E-state index contributed by atoms with van der Waals surface area (Å²) in [6.45, 7) is 2.67. The van der Waals surface area contributed by atoms with Gasteiger partial charge < -0.3 is 19.5 Å². The van der Waals surface area contributed by atoms with Gasteiger partial charge in [-0.05, 0) is 48.7 Å². The van der Waals surface area contributed by atoms with E-state index < -0.39 is 5.97 Å². The lowest BCUT2D eigenvalue weighted by Gasteiger charge is -2.29. The molecule has 0 atom stereocenters. The molecule has 3 aromatic rings. The summed E-state index contributed by atoms with van der Waals surface area (Å²) in [6.07, 6.45) is 2.50. The average molecular weight is 472 g/mol. The van der Waals surface area contributed by atoms with Gasteiger partial charge in [-0.15, -0.1) is 0 Å². The summed E-state index contributed by atoms with van der Waals surface area (Å²) in [5.74, 6) is 0.744. The number of esters is 1. The first-order chi connectivity index (χ1) is 17.2. The van der Waals surface area contributed by atoms with Crippen molar-refractivity contribution in [3.63, 3.8) is 0 Å². The van der Waals surface area contributed by atoms with E-state index in [4.69, 9.17) is 19.3 Å². The van der Waals surface area contributed by atoms with Crippen LogP contribution in [-0.2, 0) is 16.0 Å². The van der Waals surface area contributed by atoms with E-state index in [1.807, 2.05) is 72.8 Å². The number of hydrogen-bond acceptors (Lipinski definition) is 7. The standard InChI is InChI=1S/C28H29N3O4/c1-4-35-28(32)27(26-23-18-25(34-3)24(33-2)17-21(23)15-16-29-26)31(22-13-9-6-10-14-22)30-19-20-11-7-5-8-12-20/h5-14,17-19,29H,4,15-16H2,1-3H3/b27-26-,30-19+. The second-order valence-corrected chi connectivity index (χ2v) is 7.79. The van der Waals surface area contributed by atoms with Crippen molar-refractivity contribution in [2.75, 3.05) is 32.4 Å². The molecule has 1 aliphatic rings. The number of carbonyl (C=O) groups excluding carboxylic acids is 1. The summed E-state index contributed by atoms with van der Waals surface area (Å²) in [6, 6.07) is 23.1. The van der Waals surface area contributed by atoms with E-state index in [-0.39, 0.29) is 6.61 Å². The number of nitrogens with one attached hydrogen (secondary N) is 1. The molecule has 35 heavy (non-hydrogen) atoms. The van der Waals surface area contributed by atoms with Crippen LogP contribution in [0.15, 0.2) is 83.6 Å². The Morgan fingerprint density at radius 2 is 1.66 bits per heavy atom. The highest BCUT2D eigenvalue weighted by Gasteiger charge is 2.29. The number of hydrogen-bond donors (Lipinski definition) is 1. The summed E-state index contributed by atoms with van der Waals surface area (Å²) >= 11 is 0. The molecule has 180 valence electrons. The Bertz CT molecular complexity index is 1220. The fourth-order valence-electron chi connectivity index (χ4n) is 3.97. The van der Waals surface area contributed by atoms with Crippen molar-refractivity contribution in [1.29, 1.82) is 0 Å². The van der Waals surface area contributed by atoms with Crippen LogP contribution in [0.4, 0.5) is 5.69 Å². The minimum Gasteiger partial charge on any atom is -0.493 e. The van der Waals surface area contributed by atoms with Gasteiger partial charge in [0.1, 0.15) is 0 Å². The van der Waals surface area contributed by atoms with Crippen LogP contribution < -0.4 is 19.8 Å². The predicted molar refractivity (Wildman–Crippen MR) is 138 cm³/mol. The van der Waals surface area contributed by atoms with Crippen molar-refractivity contribution in [1.82, 2.24) is 5.32 Å². The minimum atomic E-state index is -0.480. The molecule has 7 nitrogen and oxygen atoms in total. The summed E-state index contributed by atoms with van der Waals surface area (Å²) in [7, 11) is 3.21. The van der Waals surface area contributed by atoms with Crippen LogP contribution in [0.1, 0.15) is 23.6 Å². The zero-order valence-electron chi connectivity index (χ0n) is 20.2. The highest BCUT2D eigenvalue weighted by atomic mass is 16.5. The maximum absolute atomic E-state index is 13.5. The number of benzene rings is 3. The van der Waals surface area contributed by atoms with Crippen LogP contribution in [0.5, 0.6) is 11.5 Å². The molecule has 1 aliphatic heterocycles. The van der Waals surface area contributed by atoms with Crippen molar-refractivity contribution < 1.29 is 19.0 Å². The molecular formula is C28H29N3O4. The normalized spacial score (nSPS) is 14.0. The Morgan fingerprint density at radius 1 is 1.00 bits per heavy atom. The number of anilines is 1. The van der Waals surface area contributed by atoms with Crippen molar-refractivity contribution in [3.05, 3.63) is 95.2 Å². The van der Waals surface area contributed by atoms with Gasteiger partial charge in [-0.2, -0.15) is 5.10 Å². The molecule has 0 amide bonds. The number of methoxy groups -OCH3 is 2. The molecule has 0 saturated carbocycles. The van der Waals surface area contributed by atoms with E-state index in [2.05, 4.69) is 5.32 Å². The Morgan fingerprint density at radius 3 is 2.31 bits per heavy atom. The molecule has 0 spiro atoms. The fraction of sp³-hybridized carbons (Fsp3) is 0.214. The van der Waals surface area contributed by atoms with Crippen molar-refractivity contribution in [3.8, 4) is 11.5 Å². The maximum atomic E-state index is 13.5. The molecule has 0 unspecified atom stereocenters. The predicted octanol–water partition coefficient (Wildman–Crippen LogP) is 4.62. The van der Waals surface area contributed by atoms with E-state index >= 15 is 0 Å². The Balaban J connectivity index is 1.94. The molecule has 0 aromatic heterocycles. The molecule has 0 aliphatic carbocycles. The smallest absolute Gasteiger partial charge is 0.359 e. The van der Waals surface area contributed by atoms with Gasteiger partial charge in [-0.3, -0.25) is 0 Å². The van der Waals surface area contributed by atoms with Crippen molar-refractivity contribution >= 4 is 23.6 Å². The summed E-state index contributed by atoms with van der Waals surface area (Å²) < 4.78 is 16.6. The minimum absolute atomic E-state index is 0.236. The summed E-state index contributed by atoms with van der Waals surface area (Å²) in [5.41, 5.74) is 4.43. The largest absolute Gasteiger partial charge is 0.493 e. The lowest BCUT2D eigenvalue weighted by Crippen LogP contribution is -2.33. The number of carbonyl (C=O) groups is 1. The molecule has 0 bridgehead atoms. The van der Waals surface area contributed by atoms with Crippen LogP contribution in [0.2, 0.25) is 0 Å². The lowest BCUT2D eigenvalue weighted by atomic mass is 9.95. The molecule has 0 saturated heterocycles. The van der Waals surface area contributed by atoms with E-state index in [0.29, 0.717) is 29.4 Å². The van der Waals surface area contributed by atoms with E-state index in [0.717, 1.165) is 28.8 Å². The van der Waals surface area contributed by atoms with E-state index in [1.54, 1.807) is 32.4 Å². The zero-order chi connectivity index (χ0) is 24.6. The third-order valence-corrected chi connectivity index (χ3v) is 5.61. The van der Waals surface area contributed by atoms with Crippen LogP contribution in [-0.4, -0.2) is 39.6 Å². The van der Waals surface area contributed by atoms with Gasteiger partial charge in [0.05, 0.1) is 38.4 Å². The van der Waals surface area contributed by atoms with Crippen LogP contribution in [0.3, 0.4) is 0 Å². The number of fused-ring (bicyclic) bond motifs is 1. The van der Waals surface area contributed by atoms with Gasteiger partial charge in [0, 0.05) is 12.1 Å². The summed E-state index contributed by atoms with van der Waals surface area (Å²) in [5, 5.41) is 9.79. The molecular weight excluding hydrogens is 442 g/mol. The number of nitrogens with zero attached hydrogens (tertiary/aromatic N) is 2. The van der Waals surface area contributed by atoms with Gasteiger partial charge in [0.2, 0.25) is 0 Å². The first kappa shape index (κ1) is 23.9. The monoisotopic (exact) mass is 471 g/mol. The molecule has 3 aromatic carbocycles. The highest BCUT2D eigenvalue weighted by Crippen LogP contribution is 2.37. The number of ether oxygens (including phenoxy) is 3. The third-order valence-electron chi connectivity index (χ3n) is 5.61. The Labute approximate surface area is 205 Å². The van der Waals surface area contributed by atoms with E-state index in [1.165, 1.54) is 0 Å². The SMILES string of the molecule is CCOC(=O)/C(=C1/NCCc2cc(OC)c(OC)cc21)N(/N=C/c1ccccc1)c1ccccc1. The van der Waals surface area contributed by atoms with Gasteiger partial charge in [-0.1, -0.05) is 48.5 Å². The Hall–Kier alpha value is -4.26. The molecule has 1 N–H and O–H groups in total. The second kappa shape index (κ2) is 11.2. The maximum Gasteiger partial charge on any atom is 0.359 e. The molecule has 4 rings (SSSR count). The van der Waals surface area contributed by atoms with Gasteiger partial charge in [0.25, 0.3) is 0 Å². The van der Waals surface area contributed by atoms with Gasteiger partial charge in [0.15, 0.2) is 17.2 Å². The highest BCUT2D eigenvalue weighted by molar-refractivity contribution is 6.02. The second-order valence-electron chi connectivity index (χ2n) is 7.79. The summed E-state index contributed by atoms with van der Waals surface area (Å²) in [4.78, 5) is 13.5. The van der Waals surface area contributed by atoms with Gasteiger partial charge in [-0.25, -0.2) is 9.80 Å². The number of para-hydroxylation sites is 1. The third kappa shape index (κ3) is 5.30. The number of hydrazone groups is 1. The average Bonchev–Trinajstić information content (AvgIpc) is 2.91. The van der Waals surface area contributed by atoms with Gasteiger partial charge >= 0.3 is 5.97 Å². The molecule has 0 fully saturated rings. The van der Waals surface area contributed by atoms with Crippen LogP contribution in [0, 0.1) is 0 Å². The van der Waals surface area contributed by atoms with Crippen LogP contribution in [0.25, 0.3) is 5.70 Å². The van der Waals surface area contributed by atoms with Crippen molar-refractivity contribution in [2.24, 2.45) is 5.10 Å².